The van der Waals surface area contributed by atoms with Crippen LogP contribution in [-0.4, -0.2) is 147 Å². The highest BCUT2D eigenvalue weighted by Gasteiger charge is 2.46. The van der Waals surface area contributed by atoms with Crippen LogP contribution in [0.25, 0.3) is 0 Å². The van der Waals surface area contributed by atoms with Crippen molar-refractivity contribution in [3.63, 3.8) is 0 Å². The van der Waals surface area contributed by atoms with Crippen molar-refractivity contribution in [2.75, 3.05) is 26.3 Å². The van der Waals surface area contributed by atoms with Gasteiger partial charge in [-0.15, -0.1) is 17.1 Å². The summed E-state index contributed by atoms with van der Waals surface area (Å²) < 4.78 is 12.2. The van der Waals surface area contributed by atoms with Crippen LogP contribution in [0.1, 0.15) is 11.9 Å². The van der Waals surface area contributed by atoms with E-state index in [0.29, 0.717) is 11.4 Å². The molecule has 38 heavy (non-hydrogen) atoms. The Hall–Kier alpha value is -2.44. The molecule has 2 saturated heterocycles. The molecule has 2 fully saturated rings. The third-order valence-corrected chi connectivity index (χ3v) is 6.56. The molecule has 17 nitrogen and oxygen atoms in total. The van der Waals surface area contributed by atoms with Crippen LogP contribution in [0.4, 0.5) is 0 Å². The molecule has 4 heterocycles. The van der Waals surface area contributed by atoms with E-state index in [1.165, 1.54) is 15.9 Å². The van der Waals surface area contributed by atoms with Gasteiger partial charge < -0.3 is 55.8 Å². The van der Waals surface area contributed by atoms with Crippen LogP contribution < -0.4 is 11.0 Å². The monoisotopic (exact) mass is 543 g/mol. The zero-order valence-corrected chi connectivity index (χ0v) is 20.2. The number of rotatable bonds is 9. The Labute approximate surface area is 217 Å². The van der Waals surface area contributed by atoms with Gasteiger partial charge in [0.1, 0.15) is 48.8 Å². The second-order valence-electron chi connectivity index (χ2n) is 9.28. The van der Waals surface area contributed by atoms with Crippen LogP contribution in [0.3, 0.4) is 0 Å². The molecule has 10 atom stereocenters. The molecule has 4 rings (SSSR count). The molecule has 3 aliphatic rings. The Morgan fingerprint density at radius 3 is 2.11 bits per heavy atom. The van der Waals surface area contributed by atoms with Crippen molar-refractivity contribution in [1.29, 1.82) is 0 Å². The first-order valence-electron chi connectivity index (χ1n) is 11.9. The molecule has 3 aliphatic heterocycles. The minimum absolute atomic E-state index is 0.200. The van der Waals surface area contributed by atoms with Crippen LogP contribution in [0.5, 0.6) is 0 Å². The fourth-order valence-electron chi connectivity index (χ4n) is 4.48. The van der Waals surface area contributed by atoms with Crippen molar-refractivity contribution < 1.29 is 50.3 Å². The molecule has 212 valence electrons. The van der Waals surface area contributed by atoms with Gasteiger partial charge in [-0.3, -0.25) is 9.91 Å². The van der Waals surface area contributed by atoms with Gasteiger partial charge in [0.2, 0.25) is 0 Å². The Morgan fingerprint density at radius 1 is 0.895 bits per heavy atom. The number of aliphatic hydroxyl groups is 8. The van der Waals surface area contributed by atoms with Gasteiger partial charge in [0.25, 0.3) is 0 Å². The van der Waals surface area contributed by atoms with E-state index >= 15 is 0 Å². The molecule has 1 aromatic rings. The summed E-state index contributed by atoms with van der Waals surface area (Å²) in [6.45, 7) is -0.459. The lowest BCUT2D eigenvalue weighted by Gasteiger charge is -2.42. The predicted molar refractivity (Wildman–Crippen MR) is 123 cm³/mol. The van der Waals surface area contributed by atoms with Gasteiger partial charge in [-0.1, -0.05) is 11.1 Å². The zero-order chi connectivity index (χ0) is 27.6. The van der Waals surface area contributed by atoms with Crippen LogP contribution in [0.15, 0.2) is 18.1 Å². The summed E-state index contributed by atoms with van der Waals surface area (Å²) in [5.41, 5.74) is 6.72. The van der Waals surface area contributed by atoms with Crippen LogP contribution >= 0.6 is 0 Å². The highest BCUT2D eigenvalue weighted by atomic mass is 16.6. The molecular weight excluding hydrogens is 510 g/mol. The van der Waals surface area contributed by atoms with Crippen molar-refractivity contribution >= 4 is 0 Å². The number of aromatic nitrogens is 3. The maximum absolute atomic E-state index is 10.3. The SMILES string of the molecule is C#CCN(CC1=CN([C@H]2O[C@H](CO)[C@@H](O)[C@H](O)[C@@H]2O)NN1)Cc1cn([C@H]2O[C@H](CO)[C@@H](O)[C@H](O)[C@@H]2O)nn1. The Balaban J connectivity index is 1.40. The highest BCUT2D eigenvalue weighted by Crippen LogP contribution is 2.28. The van der Waals surface area contributed by atoms with Crippen molar-refractivity contribution in [2.45, 2.75) is 67.8 Å². The summed E-state index contributed by atoms with van der Waals surface area (Å²) >= 11 is 0. The number of hydrazine groups is 2. The van der Waals surface area contributed by atoms with Crippen LogP contribution in [-0.2, 0) is 16.0 Å². The van der Waals surface area contributed by atoms with Crippen LogP contribution in [0, 0.1) is 12.3 Å². The first-order valence-corrected chi connectivity index (χ1v) is 11.9. The van der Waals surface area contributed by atoms with Gasteiger partial charge in [0.15, 0.2) is 12.5 Å². The van der Waals surface area contributed by atoms with Crippen molar-refractivity contribution in [3.8, 4) is 12.3 Å². The lowest BCUT2D eigenvalue weighted by atomic mass is 9.98. The van der Waals surface area contributed by atoms with Crippen molar-refractivity contribution in [2.24, 2.45) is 0 Å². The summed E-state index contributed by atoms with van der Waals surface area (Å²) in [6, 6.07) is 0. The molecular formula is C21H33N7O10. The largest absolute Gasteiger partial charge is 0.394 e. The van der Waals surface area contributed by atoms with Gasteiger partial charge in [-0.05, 0) is 0 Å². The van der Waals surface area contributed by atoms with E-state index in [9.17, 15) is 40.9 Å². The summed E-state index contributed by atoms with van der Waals surface area (Å²) in [6.07, 6.45) is -4.96. The first-order chi connectivity index (χ1) is 18.2. The van der Waals surface area contributed by atoms with Crippen molar-refractivity contribution in [1.82, 2.24) is 35.9 Å². The van der Waals surface area contributed by atoms with Gasteiger partial charge in [-0.25, -0.2) is 4.68 Å². The second-order valence-corrected chi connectivity index (χ2v) is 9.28. The number of terminal acetylenes is 1. The number of nitrogens with one attached hydrogen (secondary N) is 2. The summed E-state index contributed by atoms with van der Waals surface area (Å²) in [5, 5.41) is 88.8. The van der Waals surface area contributed by atoms with Gasteiger partial charge in [0.05, 0.1) is 37.3 Å². The van der Waals surface area contributed by atoms with E-state index in [4.69, 9.17) is 15.9 Å². The normalized spacial score (nSPS) is 37.7. The van der Waals surface area contributed by atoms with Gasteiger partial charge in [0, 0.05) is 19.3 Å². The number of aliphatic hydroxyl groups excluding tert-OH is 8. The third kappa shape index (κ3) is 5.76. The van der Waals surface area contributed by atoms with Gasteiger partial charge >= 0.3 is 0 Å². The smallest absolute Gasteiger partial charge is 0.180 e. The molecule has 10 N–H and O–H groups in total. The first kappa shape index (κ1) is 28.6. The third-order valence-electron chi connectivity index (χ3n) is 6.56. The molecule has 1 aromatic heterocycles. The highest BCUT2D eigenvalue weighted by molar-refractivity contribution is 5.09. The van der Waals surface area contributed by atoms with Gasteiger partial charge in [-0.2, -0.15) is 0 Å². The van der Waals surface area contributed by atoms with E-state index < -0.39 is 74.5 Å². The van der Waals surface area contributed by atoms with E-state index in [1.807, 2.05) is 0 Å². The van der Waals surface area contributed by atoms with Crippen molar-refractivity contribution in [3.05, 3.63) is 23.8 Å². The maximum atomic E-state index is 10.3. The lowest BCUT2D eigenvalue weighted by Crippen LogP contribution is -2.64. The lowest BCUT2D eigenvalue weighted by molar-refractivity contribution is -0.264. The maximum Gasteiger partial charge on any atom is 0.180 e. The zero-order valence-electron chi connectivity index (χ0n) is 20.2. The number of hydrogen-bond donors (Lipinski definition) is 10. The molecule has 0 aromatic carbocycles. The molecule has 17 heteroatoms. The predicted octanol–water partition coefficient (Wildman–Crippen LogP) is -6.35. The number of hydrogen-bond acceptors (Lipinski definition) is 16. The Morgan fingerprint density at radius 2 is 1.50 bits per heavy atom. The molecule has 0 bridgehead atoms. The topological polar surface area (TPSA) is 242 Å². The fraction of sp³-hybridized carbons (Fsp3) is 0.714. The number of ether oxygens (including phenoxy) is 2. The van der Waals surface area contributed by atoms with E-state index in [1.54, 1.807) is 11.1 Å². The molecule has 0 radical (unpaired) electrons. The molecule has 0 saturated carbocycles. The summed E-state index contributed by atoms with van der Waals surface area (Å²) in [5.74, 6) is 2.54. The molecule has 0 amide bonds. The fourth-order valence-corrected chi connectivity index (χ4v) is 4.48. The summed E-state index contributed by atoms with van der Waals surface area (Å²) in [4.78, 5) is 1.80. The second kappa shape index (κ2) is 12.2. The molecule has 0 spiro atoms. The standard InChI is InChI=1S/C21H33N7O10/c1-2-3-26(4-10-6-27(24-22-10)20-18(35)16(33)14(31)12(8-29)37-20)5-11-7-28(25-23-11)21-19(36)17(34)15(32)13(9-30)38-21/h1,6-7,12-22,24,29-36H,3-5,8-9H2/t12-,13-,14-,15-,16+,17+,18+,19+,20+,21+/m1/s1. The quantitative estimate of drug-likeness (QED) is 0.130. The van der Waals surface area contributed by atoms with Crippen LogP contribution in [0.2, 0.25) is 0 Å². The molecule has 0 aliphatic carbocycles. The average Bonchev–Trinajstić information content (AvgIpc) is 3.56. The molecule has 0 unspecified atom stereocenters. The van der Waals surface area contributed by atoms with E-state index in [0.717, 1.165) is 0 Å². The number of nitrogens with zero attached hydrogens (tertiary/aromatic N) is 5. The average molecular weight is 544 g/mol. The summed E-state index contributed by atoms with van der Waals surface area (Å²) in [7, 11) is 0. The Kier molecular flexibility index (Phi) is 9.15. The minimum Gasteiger partial charge on any atom is -0.394 e. The van der Waals surface area contributed by atoms with E-state index in [-0.39, 0.29) is 19.6 Å². The minimum atomic E-state index is -1.56. The van der Waals surface area contributed by atoms with E-state index in [2.05, 4.69) is 27.2 Å². The Bertz CT molecular complexity index is 1000.